The van der Waals surface area contributed by atoms with E-state index < -0.39 is 10.0 Å². The molecule has 30 heavy (non-hydrogen) atoms. The van der Waals surface area contributed by atoms with Crippen LogP contribution in [-0.2, 0) is 14.8 Å². The third-order valence-corrected chi connectivity index (χ3v) is 7.62. The lowest BCUT2D eigenvalue weighted by atomic mass is 10.2. The van der Waals surface area contributed by atoms with E-state index in [1.54, 1.807) is 0 Å². The molecule has 0 spiro atoms. The number of halogens is 2. The molecule has 0 aromatic heterocycles. The minimum absolute atomic E-state index is 0.0119. The van der Waals surface area contributed by atoms with Gasteiger partial charge in [-0.15, -0.1) is 0 Å². The number of benzene rings is 1. The second-order valence-electron chi connectivity index (χ2n) is 7.42. The summed E-state index contributed by atoms with van der Waals surface area (Å²) in [7, 11) is 1.74. The van der Waals surface area contributed by atoms with Crippen molar-refractivity contribution in [1.82, 2.24) is 19.4 Å². The maximum Gasteiger partial charge on any atom is 0.244 e. The first kappa shape index (κ1) is 27.1. The standard InChI is InChI=1S/C20H34Cl2N4O3S/c1-5-26(16-15-24(2)3)13-7-6-12-23-19(27)11-14-25(4)30(28,29)18-10-8-9-17(21)20(18)22/h8-10H,5-7,11-16H2,1-4H3,(H,23,27). The molecule has 0 heterocycles. The fourth-order valence-electron chi connectivity index (χ4n) is 2.78. The van der Waals surface area contributed by atoms with Gasteiger partial charge in [0.25, 0.3) is 0 Å². The first-order chi connectivity index (χ1) is 14.1. The molecule has 1 amide bonds. The van der Waals surface area contributed by atoms with Crippen molar-refractivity contribution >= 4 is 39.1 Å². The lowest BCUT2D eigenvalue weighted by Gasteiger charge is -2.22. The van der Waals surface area contributed by atoms with Gasteiger partial charge in [-0.2, -0.15) is 0 Å². The van der Waals surface area contributed by atoms with Crippen molar-refractivity contribution in [3.8, 4) is 0 Å². The average molecular weight is 481 g/mol. The molecule has 1 N–H and O–H groups in total. The number of likely N-dealkylation sites (N-methyl/N-ethyl adjacent to an activating group) is 2. The molecule has 1 rings (SSSR count). The number of rotatable bonds is 14. The van der Waals surface area contributed by atoms with E-state index in [4.69, 9.17) is 23.2 Å². The fraction of sp³-hybridized carbons (Fsp3) is 0.650. The van der Waals surface area contributed by atoms with Gasteiger partial charge in [0.1, 0.15) is 4.90 Å². The first-order valence-corrected chi connectivity index (χ1v) is 12.3. The van der Waals surface area contributed by atoms with Crippen LogP contribution in [0.2, 0.25) is 10.0 Å². The zero-order chi connectivity index (χ0) is 22.7. The minimum atomic E-state index is -3.81. The second kappa shape index (κ2) is 13.5. The summed E-state index contributed by atoms with van der Waals surface area (Å²) in [6.07, 6.45) is 1.97. The largest absolute Gasteiger partial charge is 0.356 e. The Balaban J connectivity index is 2.35. The van der Waals surface area contributed by atoms with Crippen LogP contribution >= 0.6 is 23.2 Å². The Hall–Kier alpha value is -0.900. The Morgan fingerprint density at radius 1 is 1.03 bits per heavy atom. The first-order valence-electron chi connectivity index (χ1n) is 10.1. The molecule has 10 heteroatoms. The molecule has 0 radical (unpaired) electrons. The summed E-state index contributed by atoms with van der Waals surface area (Å²) in [5, 5.41) is 3.02. The maximum atomic E-state index is 12.6. The number of nitrogens with one attached hydrogen (secondary N) is 1. The van der Waals surface area contributed by atoms with Crippen molar-refractivity contribution in [1.29, 1.82) is 0 Å². The summed E-state index contributed by atoms with van der Waals surface area (Å²) < 4.78 is 26.4. The number of sulfonamides is 1. The molecule has 0 fully saturated rings. The molecule has 0 aliphatic carbocycles. The molecule has 0 aliphatic rings. The number of nitrogens with zero attached hydrogens (tertiary/aromatic N) is 3. The van der Waals surface area contributed by atoms with Crippen molar-refractivity contribution in [2.45, 2.75) is 31.1 Å². The lowest BCUT2D eigenvalue weighted by Crippen LogP contribution is -2.34. The van der Waals surface area contributed by atoms with Gasteiger partial charge < -0.3 is 15.1 Å². The van der Waals surface area contributed by atoms with E-state index in [2.05, 4.69) is 36.1 Å². The Labute approximate surface area is 191 Å². The van der Waals surface area contributed by atoms with Crippen molar-refractivity contribution in [2.24, 2.45) is 0 Å². The summed E-state index contributed by atoms with van der Waals surface area (Å²) >= 11 is 11.9. The summed E-state index contributed by atoms with van der Waals surface area (Å²) in [5.74, 6) is -0.172. The molecule has 7 nitrogen and oxygen atoms in total. The fourth-order valence-corrected chi connectivity index (χ4v) is 4.68. The van der Waals surface area contributed by atoms with E-state index in [9.17, 15) is 13.2 Å². The van der Waals surface area contributed by atoms with Crippen molar-refractivity contribution < 1.29 is 13.2 Å². The average Bonchev–Trinajstić information content (AvgIpc) is 2.69. The van der Waals surface area contributed by atoms with Crippen LogP contribution in [0, 0.1) is 0 Å². The van der Waals surface area contributed by atoms with Crippen LogP contribution in [0.3, 0.4) is 0 Å². The normalized spacial score (nSPS) is 12.2. The topological polar surface area (TPSA) is 73.0 Å². The summed E-state index contributed by atoms with van der Waals surface area (Å²) in [4.78, 5) is 16.6. The maximum absolute atomic E-state index is 12.6. The molecular formula is C20H34Cl2N4O3S. The third-order valence-electron chi connectivity index (χ3n) is 4.79. The highest BCUT2D eigenvalue weighted by atomic mass is 35.5. The van der Waals surface area contributed by atoms with E-state index >= 15 is 0 Å². The summed E-state index contributed by atoms with van der Waals surface area (Å²) in [6, 6.07) is 4.46. The van der Waals surface area contributed by atoms with Gasteiger partial charge in [-0.1, -0.05) is 36.2 Å². The van der Waals surface area contributed by atoms with Gasteiger partial charge in [0, 0.05) is 39.6 Å². The van der Waals surface area contributed by atoms with Crippen LogP contribution in [0.15, 0.2) is 23.1 Å². The van der Waals surface area contributed by atoms with Crippen LogP contribution in [0.25, 0.3) is 0 Å². The van der Waals surface area contributed by atoms with Crippen LogP contribution in [0.4, 0.5) is 0 Å². The molecule has 0 saturated carbocycles. The van der Waals surface area contributed by atoms with E-state index in [1.807, 2.05) is 0 Å². The van der Waals surface area contributed by atoms with Gasteiger partial charge in [-0.25, -0.2) is 12.7 Å². The SMILES string of the molecule is CCN(CCCCNC(=O)CCN(C)S(=O)(=O)c1cccc(Cl)c1Cl)CCN(C)C. The number of unbranched alkanes of at least 4 members (excludes halogenated alkanes) is 1. The number of amides is 1. The Morgan fingerprint density at radius 3 is 2.37 bits per heavy atom. The number of hydrogen-bond acceptors (Lipinski definition) is 5. The van der Waals surface area contributed by atoms with Crippen LogP contribution in [-0.4, -0.2) is 88.8 Å². The lowest BCUT2D eigenvalue weighted by molar-refractivity contribution is -0.121. The molecule has 0 bridgehead atoms. The van der Waals surface area contributed by atoms with Gasteiger partial charge in [0.15, 0.2) is 0 Å². The molecular weight excluding hydrogens is 447 g/mol. The van der Waals surface area contributed by atoms with Gasteiger partial charge >= 0.3 is 0 Å². The molecule has 0 aliphatic heterocycles. The highest BCUT2D eigenvalue weighted by Gasteiger charge is 2.24. The molecule has 0 saturated heterocycles. The van der Waals surface area contributed by atoms with Gasteiger partial charge in [-0.05, 0) is 52.2 Å². The van der Waals surface area contributed by atoms with Crippen molar-refractivity contribution in [2.75, 3.05) is 60.4 Å². The van der Waals surface area contributed by atoms with Crippen LogP contribution < -0.4 is 5.32 Å². The molecule has 172 valence electrons. The zero-order valence-corrected chi connectivity index (χ0v) is 20.7. The minimum Gasteiger partial charge on any atom is -0.356 e. The molecule has 0 atom stereocenters. The zero-order valence-electron chi connectivity index (χ0n) is 18.3. The van der Waals surface area contributed by atoms with E-state index in [0.29, 0.717) is 6.54 Å². The summed E-state index contributed by atoms with van der Waals surface area (Å²) in [6.45, 7) is 6.87. The number of carbonyl (C=O) groups is 1. The molecule has 1 aromatic rings. The van der Waals surface area contributed by atoms with Crippen LogP contribution in [0.5, 0.6) is 0 Å². The Bertz CT molecular complexity index is 775. The molecule has 1 aromatic carbocycles. The van der Waals surface area contributed by atoms with Gasteiger partial charge in [0.05, 0.1) is 10.0 Å². The number of hydrogen-bond donors (Lipinski definition) is 1. The predicted molar refractivity (Wildman–Crippen MR) is 124 cm³/mol. The monoisotopic (exact) mass is 480 g/mol. The Morgan fingerprint density at radius 2 is 1.73 bits per heavy atom. The van der Waals surface area contributed by atoms with E-state index in [0.717, 1.165) is 43.3 Å². The Kier molecular flexibility index (Phi) is 12.2. The van der Waals surface area contributed by atoms with E-state index in [-0.39, 0.29) is 33.8 Å². The highest BCUT2D eigenvalue weighted by Crippen LogP contribution is 2.30. The number of carbonyl (C=O) groups excluding carboxylic acids is 1. The second-order valence-corrected chi connectivity index (χ2v) is 10.2. The molecule has 0 unspecified atom stereocenters. The van der Waals surface area contributed by atoms with Crippen molar-refractivity contribution in [3.63, 3.8) is 0 Å². The van der Waals surface area contributed by atoms with Crippen molar-refractivity contribution in [3.05, 3.63) is 28.2 Å². The summed E-state index contributed by atoms with van der Waals surface area (Å²) in [5.41, 5.74) is 0. The quantitative estimate of drug-likeness (QED) is 0.414. The third kappa shape index (κ3) is 9.08. The highest BCUT2D eigenvalue weighted by molar-refractivity contribution is 7.89. The van der Waals surface area contributed by atoms with Gasteiger partial charge in [0.2, 0.25) is 15.9 Å². The van der Waals surface area contributed by atoms with E-state index in [1.165, 1.54) is 25.2 Å². The smallest absolute Gasteiger partial charge is 0.244 e. The predicted octanol–water partition coefficient (Wildman–Crippen LogP) is 2.78. The van der Waals surface area contributed by atoms with Crippen LogP contribution in [0.1, 0.15) is 26.2 Å². The van der Waals surface area contributed by atoms with Gasteiger partial charge in [-0.3, -0.25) is 4.79 Å².